The second kappa shape index (κ2) is 10.5. The standard InChI is InChI=1S/C23H23ClFN3O4S2/c24-15-6-12-19(13-7-15)34(31,32)27-23-28(18-4-2-1-3-5-18)22(30)20(33-23)14-21(29)26-17-10-8-16(25)9-11-17/h6-13,18,20H,1-5,14H2,(H,26,29)/t20-/m1/s1. The van der Waals surface area contributed by atoms with Crippen molar-refractivity contribution in [1.29, 1.82) is 0 Å². The van der Waals surface area contributed by atoms with Crippen molar-refractivity contribution in [3.8, 4) is 0 Å². The number of benzene rings is 2. The van der Waals surface area contributed by atoms with Gasteiger partial charge in [0, 0.05) is 23.2 Å². The fourth-order valence-corrected chi connectivity index (χ4v) is 6.56. The highest BCUT2D eigenvalue weighted by atomic mass is 35.5. The molecule has 0 unspecified atom stereocenters. The van der Waals surface area contributed by atoms with Crippen LogP contribution in [0.2, 0.25) is 5.02 Å². The van der Waals surface area contributed by atoms with Crippen molar-refractivity contribution in [1.82, 2.24) is 4.90 Å². The normalized spacial score (nSPS) is 20.6. The van der Waals surface area contributed by atoms with Crippen LogP contribution < -0.4 is 5.32 Å². The Hall–Kier alpha value is -2.43. The minimum absolute atomic E-state index is 0.0291. The number of thioether (sulfide) groups is 1. The topological polar surface area (TPSA) is 95.9 Å². The maximum Gasteiger partial charge on any atom is 0.284 e. The number of sulfonamides is 1. The summed E-state index contributed by atoms with van der Waals surface area (Å²) in [6, 6.07) is 10.8. The van der Waals surface area contributed by atoms with Gasteiger partial charge in [-0.05, 0) is 61.4 Å². The molecule has 2 aliphatic rings. The predicted octanol–water partition coefficient (Wildman–Crippen LogP) is 4.83. The zero-order chi connectivity index (χ0) is 24.3. The van der Waals surface area contributed by atoms with Crippen molar-refractivity contribution in [2.45, 2.75) is 54.7 Å². The van der Waals surface area contributed by atoms with Gasteiger partial charge in [-0.15, -0.1) is 4.40 Å². The number of anilines is 1. The number of amidine groups is 1. The molecule has 0 radical (unpaired) electrons. The molecule has 1 aliphatic carbocycles. The van der Waals surface area contributed by atoms with E-state index in [1.807, 2.05) is 0 Å². The Morgan fingerprint density at radius 1 is 1.09 bits per heavy atom. The number of carbonyl (C=O) groups is 2. The van der Waals surface area contributed by atoms with Crippen molar-refractivity contribution >= 4 is 56.1 Å². The van der Waals surface area contributed by atoms with E-state index in [2.05, 4.69) is 9.71 Å². The summed E-state index contributed by atoms with van der Waals surface area (Å²) in [5, 5.41) is 2.33. The average Bonchev–Trinajstić information content (AvgIpc) is 3.10. The number of hydrogen-bond donors (Lipinski definition) is 1. The number of nitrogens with one attached hydrogen (secondary N) is 1. The summed E-state index contributed by atoms with van der Waals surface area (Å²) in [4.78, 5) is 27.3. The maximum absolute atomic E-state index is 13.3. The predicted molar refractivity (Wildman–Crippen MR) is 131 cm³/mol. The van der Waals surface area contributed by atoms with Crippen LogP contribution in [-0.2, 0) is 19.6 Å². The van der Waals surface area contributed by atoms with Gasteiger partial charge in [-0.25, -0.2) is 4.39 Å². The summed E-state index contributed by atoms with van der Waals surface area (Å²) < 4.78 is 43.0. The van der Waals surface area contributed by atoms with Crippen molar-refractivity contribution in [3.05, 3.63) is 59.4 Å². The number of hydrogen-bond acceptors (Lipinski definition) is 5. The summed E-state index contributed by atoms with van der Waals surface area (Å²) in [6.07, 6.45) is 4.27. The average molecular weight is 524 g/mol. The van der Waals surface area contributed by atoms with E-state index >= 15 is 0 Å². The minimum atomic E-state index is -4.08. The molecule has 0 aromatic heterocycles. The summed E-state index contributed by atoms with van der Waals surface area (Å²) >= 11 is 6.85. The fraction of sp³-hybridized carbons (Fsp3) is 0.348. The first-order chi connectivity index (χ1) is 16.2. The van der Waals surface area contributed by atoms with Gasteiger partial charge in [0.05, 0.1) is 4.90 Å². The van der Waals surface area contributed by atoms with Gasteiger partial charge >= 0.3 is 0 Å². The lowest BCUT2D eigenvalue weighted by atomic mass is 9.94. The number of carbonyl (C=O) groups excluding carboxylic acids is 2. The van der Waals surface area contributed by atoms with Gasteiger partial charge in [-0.2, -0.15) is 8.42 Å². The lowest BCUT2D eigenvalue weighted by molar-refractivity contribution is -0.130. The Morgan fingerprint density at radius 2 is 1.74 bits per heavy atom. The SMILES string of the molecule is O=C(C[C@H]1SC(=NS(=O)(=O)c2ccc(Cl)cc2)N(C2CCCCC2)C1=O)Nc1ccc(F)cc1. The molecule has 1 aliphatic heterocycles. The van der Waals surface area contributed by atoms with Gasteiger partial charge in [-0.3, -0.25) is 14.5 Å². The van der Waals surface area contributed by atoms with E-state index in [9.17, 15) is 22.4 Å². The third-order valence-electron chi connectivity index (χ3n) is 5.72. The molecule has 7 nitrogen and oxygen atoms in total. The molecule has 1 saturated heterocycles. The van der Waals surface area contributed by atoms with Crippen molar-refractivity contribution in [2.24, 2.45) is 4.40 Å². The highest BCUT2D eigenvalue weighted by molar-refractivity contribution is 8.16. The Balaban J connectivity index is 1.57. The first-order valence-corrected chi connectivity index (χ1v) is 13.6. The van der Waals surface area contributed by atoms with Gasteiger partial charge in [0.25, 0.3) is 10.0 Å². The number of rotatable bonds is 6. The molecule has 180 valence electrons. The molecule has 2 amide bonds. The lowest BCUT2D eigenvalue weighted by Gasteiger charge is -2.30. The number of halogens is 2. The molecule has 2 fully saturated rings. The van der Waals surface area contributed by atoms with E-state index in [1.54, 1.807) is 0 Å². The molecule has 2 aromatic rings. The van der Waals surface area contributed by atoms with Crippen LogP contribution in [0, 0.1) is 5.82 Å². The molecule has 1 atom stereocenters. The van der Waals surface area contributed by atoms with Gasteiger partial charge in [0.2, 0.25) is 11.8 Å². The summed E-state index contributed by atoms with van der Waals surface area (Å²) in [7, 11) is -4.08. The Morgan fingerprint density at radius 3 is 2.38 bits per heavy atom. The van der Waals surface area contributed by atoms with Gasteiger partial charge < -0.3 is 5.32 Å². The van der Waals surface area contributed by atoms with Crippen LogP contribution in [0.4, 0.5) is 10.1 Å². The summed E-state index contributed by atoms with van der Waals surface area (Å²) in [5.41, 5.74) is 0.408. The van der Waals surface area contributed by atoms with Crippen molar-refractivity contribution in [2.75, 3.05) is 5.32 Å². The molecule has 2 aromatic carbocycles. The monoisotopic (exact) mass is 523 g/mol. The van der Waals surface area contributed by atoms with Crippen LogP contribution in [0.3, 0.4) is 0 Å². The third-order valence-corrected chi connectivity index (χ3v) is 8.52. The zero-order valence-corrected chi connectivity index (χ0v) is 20.5. The summed E-state index contributed by atoms with van der Waals surface area (Å²) in [5.74, 6) is -1.18. The number of nitrogens with zero attached hydrogens (tertiary/aromatic N) is 2. The first kappa shape index (κ1) is 24.7. The van der Waals surface area contributed by atoms with E-state index in [-0.39, 0.29) is 28.4 Å². The van der Waals surface area contributed by atoms with Crippen LogP contribution >= 0.6 is 23.4 Å². The van der Waals surface area contributed by atoms with E-state index in [4.69, 9.17) is 11.6 Å². The molecule has 0 bridgehead atoms. The maximum atomic E-state index is 13.3. The fourth-order valence-electron chi connectivity index (χ4n) is 4.03. The van der Waals surface area contributed by atoms with E-state index < -0.39 is 27.0 Å². The second-order valence-corrected chi connectivity index (χ2v) is 11.4. The molecular formula is C23H23ClFN3O4S2. The quantitative estimate of drug-likeness (QED) is 0.585. The molecule has 1 saturated carbocycles. The van der Waals surface area contributed by atoms with Crippen LogP contribution in [0.5, 0.6) is 0 Å². The molecule has 1 N–H and O–H groups in total. The van der Waals surface area contributed by atoms with Crippen LogP contribution in [0.25, 0.3) is 0 Å². The van der Waals surface area contributed by atoms with Crippen molar-refractivity contribution < 1.29 is 22.4 Å². The molecule has 11 heteroatoms. The molecule has 1 heterocycles. The lowest BCUT2D eigenvalue weighted by Crippen LogP contribution is -2.42. The number of amides is 2. The van der Waals surface area contributed by atoms with Gasteiger partial charge in [0.1, 0.15) is 11.1 Å². The third kappa shape index (κ3) is 5.79. The summed E-state index contributed by atoms with van der Waals surface area (Å²) in [6.45, 7) is 0. The highest BCUT2D eigenvalue weighted by Crippen LogP contribution is 2.36. The molecule has 0 spiro atoms. The smallest absolute Gasteiger partial charge is 0.284 e. The Labute approximate surface area is 206 Å². The first-order valence-electron chi connectivity index (χ1n) is 10.9. The Kier molecular flexibility index (Phi) is 7.59. The van der Waals surface area contributed by atoms with Crippen molar-refractivity contribution in [3.63, 3.8) is 0 Å². The van der Waals surface area contributed by atoms with Crippen LogP contribution in [0.1, 0.15) is 38.5 Å². The van der Waals surface area contributed by atoms with E-state index in [0.717, 1.165) is 43.9 Å². The molecule has 34 heavy (non-hydrogen) atoms. The molecular weight excluding hydrogens is 501 g/mol. The van der Waals surface area contributed by atoms with E-state index in [1.165, 1.54) is 53.4 Å². The van der Waals surface area contributed by atoms with Crippen LogP contribution in [-0.4, -0.2) is 41.6 Å². The largest absolute Gasteiger partial charge is 0.326 e. The second-order valence-electron chi connectivity index (χ2n) is 8.17. The van der Waals surface area contributed by atoms with Gasteiger partial charge in [0.15, 0.2) is 5.17 Å². The Bertz CT molecular complexity index is 1200. The molecule has 4 rings (SSSR count). The highest BCUT2D eigenvalue weighted by Gasteiger charge is 2.43. The van der Waals surface area contributed by atoms with Crippen LogP contribution in [0.15, 0.2) is 57.8 Å². The zero-order valence-electron chi connectivity index (χ0n) is 18.1. The van der Waals surface area contributed by atoms with E-state index in [0.29, 0.717) is 10.7 Å². The minimum Gasteiger partial charge on any atom is -0.326 e. The van der Waals surface area contributed by atoms with Gasteiger partial charge in [-0.1, -0.05) is 42.6 Å².